The molecule has 226 valence electrons. The number of fused-ring (bicyclic) bond motifs is 5. The minimum atomic E-state index is -1.61. The molecular formula is C36H52O5. The van der Waals surface area contributed by atoms with Gasteiger partial charge in [0.25, 0.3) is 0 Å². The molecule has 5 rings (SSSR count). The molecule has 9 atom stereocenters. The first-order valence-corrected chi connectivity index (χ1v) is 16.3. The monoisotopic (exact) mass is 564 g/mol. The summed E-state index contributed by atoms with van der Waals surface area (Å²) in [6.45, 7) is 13.6. The average Bonchev–Trinajstić information content (AvgIpc) is 3.22. The summed E-state index contributed by atoms with van der Waals surface area (Å²) in [4.78, 5) is 26.6. The van der Waals surface area contributed by atoms with E-state index in [1.54, 1.807) is 30.3 Å². The van der Waals surface area contributed by atoms with E-state index >= 15 is 0 Å². The van der Waals surface area contributed by atoms with Crippen molar-refractivity contribution in [2.75, 3.05) is 0 Å². The molecule has 5 heteroatoms. The minimum absolute atomic E-state index is 0.0616. The van der Waals surface area contributed by atoms with Gasteiger partial charge in [0.1, 0.15) is 11.7 Å². The molecule has 0 radical (unpaired) electrons. The molecule has 0 bridgehead atoms. The Labute approximate surface area is 247 Å². The number of carbonyl (C=O) groups excluding carboxylic acids is 2. The molecule has 0 spiro atoms. The first-order chi connectivity index (χ1) is 19.3. The predicted molar refractivity (Wildman–Crippen MR) is 161 cm³/mol. The van der Waals surface area contributed by atoms with E-state index < -0.39 is 28.7 Å². The third-order valence-electron chi connectivity index (χ3n) is 12.7. The number of ketones is 1. The molecule has 2 N–H and O–H groups in total. The molecule has 0 amide bonds. The lowest BCUT2D eigenvalue weighted by atomic mass is 9.44. The molecule has 4 aliphatic carbocycles. The van der Waals surface area contributed by atoms with Crippen molar-refractivity contribution in [3.8, 4) is 0 Å². The van der Waals surface area contributed by atoms with E-state index in [1.807, 2.05) is 13.0 Å². The number of aliphatic hydroxyl groups is 2. The lowest BCUT2D eigenvalue weighted by Gasteiger charge is -2.62. The number of ether oxygens (including phenoxy) is 1. The summed E-state index contributed by atoms with van der Waals surface area (Å²) in [7, 11) is 0. The standard InChI is InChI=1S/C36H52O5/c1-7-25(23(2)3)14-13-24(4)28-17-20-35(39)30-21-31(37)36(40)22-27(41-32(38)26-11-9-8-10-12-26)15-18-34(36,6)29(30)16-19-33(28,35)5/h8-12,21,23-25,27-29,39-40H,7,13-20,22H2,1-6H3/t24-,25-,27+,28-,29+,33-,34-,35-,36+/m1/s1. The summed E-state index contributed by atoms with van der Waals surface area (Å²) in [6.07, 6.45) is 9.39. The van der Waals surface area contributed by atoms with Crippen LogP contribution in [0.25, 0.3) is 0 Å². The van der Waals surface area contributed by atoms with Crippen LogP contribution in [0.15, 0.2) is 42.0 Å². The Hall–Kier alpha value is -1.98. The van der Waals surface area contributed by atoms with Crippen LogP contribution in [0, 0.1) is 40.4 Å². The van der Waals surface area contributed by atoms with Crippen LogP contribution in [0.5, 0.6) is 0 Å². The van der Waals surface area contributed by atoms with E-state index in [2.05, 4.69) is 34.6 Å². The SMILES string of the molecule is CC[C@H](CC[C@@H](C)[C@H]1CC[C@@]2(O)C3=CC(=O)[C@@]4(O)C[C@@H](OC(=O)c5ccccc5)CC[C@]4(C)[C@H]3CC[C@]12C)C(C)C. The zero-order chi connectivity index (χ0) is 29.8. The molecule has 1 aromatic rings. The van der Waals surface area contributed by atoms with Crippen molar-refractivity contribution < 1.29 is 24.5 Å². The highest BCUT2D eigenvalue weighted by Gasteiger charge is 2.69. The van der Waals surface area contributed by atoms with Gasteiger partial charge in [-0.3, -0.25) is 4.79 Å². The molecule has 0 heterocycles. The number of hydrogen-bond donors (Lipinski definition) is 2. The predicted octanol–water partition coefficient (Wildman–Crippen LogP) is 7.30. The summed E-state index contributed by atoms with van der Waals surface area (Å²) in [5.41, 5.74) is -2.26. The second kappa shape index (κ2) is 10.9. The summed E-state index contributed by atoms with van der Waals surface area (Å²) < 4.78 is 5.81. The Kier molecular flexibility index (Phi) is 8.13. The van der Waals surface area contributed by atoms with Crippen LogP contribution in [0.4, 0.5) is 0 Å². The fourth-order valence-corrected chi connectivity index (χ4v) is 9.84. The van der Waals surface area contributed by atoms with Crippen molar-refractivity contribution in [3.05, 3.63) is 47.5 Å². The second-order valence-corrected chi connectivity index (χ2v) is 14.9. The van der Waals surface area contributed by atoms with Gasteiger partial charge >= 0.3 is 5.97 Å². The first-order valence-electron chi connectivity index (χ1n) is 16.3. The number of benzene rings is 1. The number of hydrogen-bond acceptors (Lipinski definition) is 5. The summed E-state index contributed by atoms with van der Waals surface area (Å²) in [5.74, 6) is 1.54. The van der Waals surface area contributed by atoms with E-state index in [4.69, 9.17) is 4.74 Å². The van der Waals surface area contributed by atoms with E-state index in [-0.39, 0.29) is 23.5 Å². The molecule has 0 aliphatic heterocycles. The van der Waals surface area contributed by atoms with Crippen molar-refractivity contribution in [2.45, 2.75) is 123 Å². The highest BCUT2D eigenvalue weighted by Crippen LogP contribution is 2.69. The number of esters is 1. The van der Waals surface area contributed by atoms with Gasteiger partial charge < -0.3 is 14.9 Å². The van der Waals surface area contributed by atoms with Gasteiger partial charge in [-0.1, -0.05) is 72.6 Å². The Morgan fingerprint density at radius 3 is 2.29 bits per heavy atom. The molecule has 1 aromatic carbocycles. The molecule has 41 heavy (non-hydrogen) atoms. The Morgan fingerprint density at radius 2 is 1.63 bits per heavy atom. The maximum atomic E-state index is 13.9. The fourth-order valence-electron chi connectivity index (χ4n) is 9.84. The van der Waals surface area contributed by atoms with E-state index in [1.165, 1.54) is 19.3 Å². The molecule has 0 unspecified atom stereocenters. The lowest BCUT2D eigenvalue weighted by molar-refractivity contribution is -0.189. The van der Waals surface area contributed by atoms with Gasteiger partial charge in [-0.15, -0.1) is 0 Å². The topological polar surface area (TPSA) is 83.8 Å². The average molecular weight is 565 g/mol. The van der Waals surface area contributed by atoms with Gasteiger partial charge in [0, 0.05) is 17.3 Å². The lowest BCUT2D eigenvalue weighted by Crippen LogP contribution is -2.66. The number of rotatable bonds is 8. The Bertz CT molecular complexity index is 1170. The highest BCUT2D eigenvalue weighted by atomic mass is 16.5. The molecule has 3 fully saturated rings. The largest absolute Gasteiger partial charge is 0.459 e. The van der Waals surface area contributed by atoms with Crippen molar-refractivity contribution in [3.63, 3.8) is 0 Å². The van der Waals surface area contributed by atoms with Crippen molar-refractivity contribution in [1.29, 1.82) is 0 Å². The molecule has 4 aliphatic rings. The van der Waals surface area contributed by atoms with Crippen LogP contribution in [-0.2, 0) is 9.53 Å². The smallest absolute Gasteiger partial charge is 0.338 e. The quantitative estimate of drug-likeness (QED) is 0.324. The van der Waals surface area contributed by atoms with Crippen LogP contribution in [0.1, 0.15) is 116 Å². The molecular weight excluding hydrogens is 512 g/mol. The van der Waals surface area contributed by atoms with E-state index in [0.717, 1.165) is 30.8 Å². The minimum Gasteiger partial charge on any atom is -0.459 e. The Morgan fingerprint density at radius 1 is 0.951 bits per heavy atom. The van der Waals surface area contributed by atoms with Gasteiger partial charge in [-0.25, -0.2) is 4.79 Å². The van der Waals surface area contributed by atoms with Gasteiger partial charge in [-0.2, -0.15) is 0 Å². The number of carbonyl (C=O) groups is 2. The summed E-state index contributed by atoms with van der Waals surface area (Å²) in [6, 6.07) is 8.87. The maximum Gasteiger partial charge on any atom is 0.338 e. The van der Waals surface area contributed by atoms with Gasteiger partial charge in [0.05, 0.1) is 11.2 Å². The maximum absolute atomic E-state index is 13.9. The van der Waals surface area contributed by atoms with Crippen LogP contribution in [0.3, 0.4) is 0 Å². The summed E-state index contributed by atoms with van der Waals surface area (Å²) in [5, 5.41) is 24.6. The molecule has 3 saturated carbocycles. The zero-order valence-electron chi connectivity index (χ0n) is 26.1. The third-order valence-corrected chi connectivity index (χ3v) is 12.7. The molecule has 0 saturated heterocycles. The first kappa shape index (κ1) is 30.5. The normalized spacial score (nSPS) is 39.8. The van der Waals surface area contributed by atoms with Crippen LogP contribution in [0.2, 0.25) is 0 Å². The highest BCUT2D eigenvalue weighted by molar-refractivity contribution is 6.00. The van der Waals surface area contributed by atoms with Crippen LogP contribution >= 0.6 is 0 Å². The van der Waals surface area contributed by atoms with Gasteiger partial charge in [0.2, 0.25) is 0 Å². The van der Waals surface area contributed by atoms with Crippen molar-refractivity contribution >= 4 is 11.8 Å². The van der Waals surface area contributed by atoms with E-state index in [0.29, 0.717) is 42.6 Å². The van der Waals surface area contributed by atoms with Gasteiger partial charge in [-0.05, 0) is 98.3 Å². The summed E-state index contributed by atoms with van der Waals surface area (Å²) >= 11 is 0. The van der Waals surface area contributed by atoms with Crippen molar-refractivity contribution in [1.82, 2.24) is 0 Å². The molecule has 0 aromatic heterocycles. The van der Waals surface area contributed by atoms with Crippen LogP contribution in [-0.4, -0.2) is 39.3 Å². The van der Waals surface area contributed by atoms with E-state index in [9.17, 15) is 19.8 Å². The fraction of sp³-hybridized carbons (Fsp3) is 0.722. The zero-order valence-corrected chi connectivity index (χ0v) is 26.1. The third kappa shape index (κ3) is 4.74. The molecule has 5 nitrogen and oxygen atoms in total. The Balaban J connectivity index is 1.36. The van der Waals surface area contributed by atoms with Crippen molar-refractivity contribution in [2.24, 2.45) is 40.4 Å². The van der Waals surface area contributed by atoms with Crippen LogP contribution < -0.4 is 0 Å². The second-order valence-electron chi connectivity index (χ2n) is 14.9. The van der Waals surface area contributed by atoms with Gasteiger partial charge in [0.15, 0.2) is 5.78 Å².